The monoisotopic (exact) mass is 256 g/mol. The number of aryl methyl sites for hydroxylation is 1. The van der Waals surface area contributed by atoms with Gasteiger partial charge in [0.05, 0.1) is 35.7 Å². The fourth-order valence-corrected chi connectivity index (χ4v) is 2.15. The van der Waals surface area contributed by atoms with Crippen LogP contribution >= 0.6 is 0 Å². The highest BCUT2D eigenvalue weighted by molar-refractivity contribution is 5.83. The predicted octanol–water partition coefficient (Wildman–Crippen LogP) is 1.59. The molecule has 2 N–H and O–H groups in total. The Hall–Kier alpha value is -2.63. The first-order valence-corrected chi connectivity index (χ1v) is 5.80. The zero-order valence-corrected chi connectivity index (χ0v) is 10.3. The first kappa shape index (κ1) is 11.5. The summed E-state index contributed by atoms with van der Waals surface area (Å²) < 4.78 is 1.94. The van der Waals surface area contributed by atoms with E-state index in [4.69, 9.17) is 5.11 Å². The van der Waals surface area contributed by atoms with Gasteiger partial charge >= 0.3 is 5.97 Å². The van der Waals surface area contributed by atoms with E-state index in [0.717, 1.165) is 22.2 Å². The lowest BCUT2D eigenvalue weighted by molar-refractivity contribution is -0.136. The van der Waals surface area contributed by atoms with Crippen molar-refractivity contribution >= 4 is 17.0 Å². The number of carboxylic acids is 1. The van der Waals surface area contributed by atoms with Crippen LogP contribution in [0.5, 0.6) is 0 Å². The molecule has 19 heavy (non-hydrogen) atoms. The fraction of sp³-hybridized carbons (Fsp3) is 0.154. The maximum absolute atomic E-state index is 10.8. The SMILES string of the molecule is Cn1cnc2cc(-c3cn[nH]c3CC(=O)O)ccc21. The van der Waals surface area contributed by atoms with E-state index >= 15 is 0 Å². The van der Waals surface area contributed by atoms with Gasteiger partial charge in [0.25, 0.3) is 0 Å². The number of H-pyrrole nitrogens is 1. The standard InChI is InChI=1S/C13H12N4O2/c1-17-7-14-11-4-8(2-3-12(11)17)9-6-15-16-10(9)5-13(18)19/h2-4,6-7H,5H2,1H3,(H,15,16)(H,18,19). The Bertz CT molecular complexity index is 757. The predicted molar refractivity (Wildman–Crippen MR) is 69.6 cm³/mol. The Morgan fingerprint density at radius 1 is 1.47 bits per heavy atom. The number of hydrogen-bond acceptors (Lipinski definition) is 3. The number of aromatic nitrogens is 4. The summed E-state index contributed by atoms with van der Waals surface area (Å²) in [4.78, 5) is 15.1. The molecule has 3 rings (SSSR count). The molecule has 0 spiro atoms. The molecule has 3 aromatic rings. The second-order valence-electron chi connectivity index (χ2n) is 4.39. The highest BCUT2D eigenvalue weighted by Crippen LogP contribution is 2.25. The Kier molecular flexibility index (Phi) is 2.56. The number of fused-ring (bicyclic) bond motifs is 1. The third-order valence-electron chi connectivity index (χ3n) is 3.08. The van der Waals surface area contributed by atoms with E-state index < -0.39 is 5.97 Å². The van der Waals surface area contributed by atoms with E-state index in [1.807, 2.05) is 29.8 Å². The molecule has 0 radical (unpaired) electrons. The van der Waals surface area contributed by atoms with Gasteiger partial charge in [-0.25, -0.2) is 4.98 Å². The molecule has 2 aromatic heterocycles. The number of imidazole rings is 1. The molecule has 0 fully saturated rings. The molecule has 0 saturated heterocycles. The van der Waals surface area contributed by atoms with Crippen molar-refractivity contribution in [3.8, 4) is 11.1 Å². The summed E-state index contributed by atoms with van der Waals surface area (Å²) in [5.41, 5.74) is 4.23. The summed E-state index contributed by atoms with van der Waals surface area (Å²) in [7, 11) is 1.93. The maximum Gasteiger partial charge on any atom is 0.309 e. The average molecular weight is 256 g/mol. The van der Waals surface area contributed by atoms with Crippen LogP contribution in [0, 0.1) is 0 Å². The molecule has 0 aliphatic heterocycles. The zero-order valence-electron chi connectivity index (χ0n) is 10.3. The van der Waals surface area contributed by atoms with Gasteiger partial charge in [0, 0.05) is 12.6 Å². The molecule has 2 heterocycles. The van der Waals surface area contributed by atoms with Gasteiger partial charge in [-0.15, -0.1) is 0 Å². The van der Waals surface area contributed by atoms with Crippen LogP contribution < -0.4 is 0 Å². The lowest BCUT2D eigenvalue weighted by Gasteiger charge is -2.02. The van der Waals surface area contributed by atoms with Crippen LogP contribution in [0.4, 0.5) is 0 Å². The maximum atomic E-state index is 10.8. The van der Waals surface area contributed by atoms with E-state index in [0.29, 0.717) is 5.69 Å². The molecular weight excluding hydrogens is 244 g/mol. The number of nitrogens with one attached hydrogen (secondary N) is 1. The summed E-state index contributed by atoms with van der Waals surface area (Å²) in [5.74, 6) is -0.885. The van der Waals surface area contributed by atoms with Gasteiger partial charge in [0.1, 0.15) is 0 Å². The third kappa shape index (κ3) is 1.97. The quantitative estimate of drug-likeness (QED) is 0.745. The van der Waals surface area contributed by atoms with Crippen LogP contribution in [0.1, 0.15) is 5.69 Å². The van der Waals surface area contributed by atoms with Crippen molar-refractivity contribution in [2.75, 3.05) is 0 Å². The minimum absolute atomic E-state index is 0.0738. The van der Waals surface area contributed by atoms with Crippen molar-refractivity contribution in [3.05, 3.63) is 36.4 Å². The fourth-order valence-electron chi connectivity index (χ4n) is 2.15. The molecule has 96 valence electrons. The molecule has 0 amide bonds. The number of hydrogen-bond donors (Lipinski definition) is 2. The molecular formula is C13H12N4O2. The lowest BCUT2D eigenvalue weighted by Crippen LogP contribution is -2.01. The van der Waals surface area contributed by atoms with Gasteiger partial charge in [0.15, 0.2) is 0 Å². The number of aromatic amines is 1. The number of nitrogens with zero attached hydrogens (tertiary/aromatic N) is 3. The molecule has 0 saturated carbocycles. The van der Waals surface area contributed by atoms with Gasteiger partial charge in [-0.3, -0.25) is 9.89 Å². The molecule has 0 atom stereocenters. The minimum atomic E-state index is -0.885. The van der Waals surface area contributed by atoms with E-state index in [-0.39, 0.29) is 6.42 Å². The number of carboxylic acid groups (broad SMARTS) is 1. The van der Waals surface area contributed by atoms with Crippen molar-refractivity contribution in [2.45, 2.75) is 6.42 Å². The molecule has 1 aromatic carbocycles. The molecule has 6 nitrogen and oxygen atoms in total. The van der Waals surface area contributed by atoms with Gasteiger partial charge in [-0.05, 0) is 17.7 Å². The van der Waals surface area contributed by atoms with E-state index in [1.54, 1.807) is 12.5 Å². The molecule has 0 unspecified atom stereocenters. The van der Waals surface area contributed by atoms with Crippen LogP contribution in [0.15, 0.2) is 30.7 Å². The van der Waals surface area contributed by atoms with Crippen LogP contribution in [0.25, 0.3) is 22.2 Å². The average Bonchev–Trinajstić information content (AvgIpc) is 2.96. The number of benzene rings is 1. The van der Waals surface area contributed by atoms with Crippen molar-refractivity contribution < 1.29 is 9.90 Å². The van der Waals surface area contributed by atoms with Gasteiger partial charge in [0.2, 0.25) is 0 Å². The van der Waals surface area contributed by atoms with Gasteiger partial charge < -0.3 is 9.67 Å². The molecule has 0 aliphatic rings. The largest absolute Gasteiger partial charge is 0.481 e. The summed E-state index contributed by atoms with van der Waals surface area (Å²) in [5, 5.41) is 15.5. The van der Waals surface area contributed by atoms with Crippen LogP contribution in [-0.2, 0) is 18.3 Å². The highest BCUT2D eigenvalue weighted by Gasteiger charge is 2.12. The zero-order chi connectivity index (χ0) is 13.4. The van der Waals surface area contributed by atoms with Gasteiger partial charge in [-0.1, -0.05) is 6.07 Å². The normalized spacial score (nSPS) is 11.0. The third-order valence-corrected chi connectivity index (χ3v) is 3.08. The van der Waals surface area contributed by atoms with Crippen molar-refractivity contribution in [1.82, 2.24) is 19.7 Å². The van der Waals surface area contributed by atoms with Crippen LogP contribution in [0.2, 0.25) is 0 Å². The van der Waals surface area contributed by atoms with Crippen LogP contribution in [0.3, 0.4) is 0 Å². The molecule has 0 aliphatic carbocycles. The Morgan fingerprint density at radius 3 is 3.11 bits per heavy atom. The first-order chi connectivity index (χ1) is 9.15. The first-order valence-electron chi connectivity index (χ1n) is 5.80. The summed E-state index contributed by atoms with van der Waals surface area (Å²) in [6.07, 6.45) is 3.32. The van der Waals surface area contributed by atoms with Crippen LogP contribution in [-0.4, -0.2) is 30.8 Å². The number of carbonyl (C=O) groups is 1. The van der Waals surface area contributed by atoms with E-state index in [2.05, 4.69) is 15.2 Å². The Labute approximate surface area is 108 Å². The number of aliphatic carboxylic acids is 1. The second-order valence-corrected chi connectivity index (χ2v) is 4.39. The summed E-state index contributed by atoms with van der Waals surface area (Å²) in [6.45, 7) is 0. The minimum Gasteiger partial charge on any atom is -0.481 e. The van der Waals surface area contributed by atoms with Gasteiger partial charge in [-0.2, -0.15) is 5.10 Å². The van der Waals surface area contributed by atoms with E-state index in [1.165, 1.54) is 0 Å². The smallest absolute Gasteiger partial charge is 0.309 e. The molecule has 0 bridgehead atoms. The van der Waals surface area contributed by atoms with Crippen molar-refractivity contribution in [3.63, 3.8) is 0 Å². The van der Waals surface area contributed by atoms with Crippen molar-refractivity contribution in [2.24, 2.45) is 7.05 Å². The second kappa shape index (κ2) is 4.24. The Morgan fingerprint density at radius 2 is 2.32 bits per heavy atom. The lowest BCUT2D eigenvalue weighted by atomic mass is 10.0. The number of rotatable bonds is 3. The summed E-state index contributed by atoms with van der Waals surface area (Å²) in [6, 6.07) is 5.85. The highest BCUT2D eigenvalue weighted by atomic mass is 16.4. The van der Waals surface area contributed by atoms with E-state index in [9.17, 15) is 4.79 Å². The molecule has 6 heteroatoms. The summed E-state index contributed by atoms with van der Waals surface area (Å²) >= 11 is 0. The topological polar surface area (TPSA) is 83.8 Å². The van der Waals surface area contributed by atoms with Crippen molar-refractivity contribution in [1.29, 1.82) is 0 Å². The Balaban J connectivity index is 2.09.